The van der Waals surface area contributed by atoms with Crippen LogP contribution in [-0.2, 0) is 4.74 Å². The number of esters is 1. The van der Waals surface area contributed by atoms with Gasteiger partial charge in [0, 0.05) is 17.5 Å². The zero-order valence-corrected chi connectivity index (χ0v) is 16.4. The van der Waals surface area contributed by atoms with E-state index in [0.29, 0.717) is 11.3 Å². The predicted molar refractivity (Wildman–Crippen MR) is 100 cm³/mol. The number of fused-ring (bicyclic) bond motifs is 1. The first-order chi connectivity index (χ1) is 12.7. The number of hydrogen-bond acceptors (Lipinski definition) is 6. The molecule has 0 aliphatic heterocycles. The molecular formula is C20H22N4O3. The number of ether oxygens (including phenoxy) is 1. The minimum Gasteiger partial charge on any atom is -0.451 e. The summed E-state index contributed by atoms with van der Waals surface area (Å²) in [4.78, 5) is 33.1. The molecule has 0 radical (unpaired) electrons. The summed E-state index contributed by atoms with van der Waals surface area (Å²) in [5.41, 5.74) is 6.58. The first kappa shape index (κ1) is 18.7. The Morgan fingerprint density at radius 3 is 2.15 bits per heavy atom. The van der Waals surface area contributed by atoms with Gasteiger partial charge in [-0.2, -0.15) is 4.98 Å². The molecule has 1 aromatic carbocycles. The van der Waals surface area contributed by atoms with Crippen molar-refractivity contribution >= 4 is 17.5 Å². The molecule has 7 nitrogen and oxygen atoms in total. The highest BCUT2D eigenvalue weighted by molar-refractivity contribution is 6.01. The van der Waals surface area contributed by atoms with Crippen molar-refractivity contribution in [3.05, 3.63) is 57.2 Å². The fourth-order valence-electron chi connectivity index (χ4n) is 3.18. The number of rotatable bonds is 4. The van der Waals surface area contributed by atoms with Crippen molar-refractivity contribution in [1.82, 2.24) is 19.6 Å². The predicted octanol–water partition coefficient (Wildman–Crippen LogP) is 3.01. The van der Waals surface area contributed by atoms with E-state index in [-0.39, 0.29) is 18.2 Å². The van der Waals surface area contributed by atoms with E-state index in [1.54, 1.807) is 12.3 Å². The van der Waals surface area contributed by atoms with E-state index >= 15 is 0 Å². The topological polar surface area (TPSA) is 86.5 Å². The molecule has 3 aromatic rings. The number of nitrogens with zero attached hydrogens (tertiary/aromatic N) is 4. The summed E-state index contributed by atoms with van der Waals surface area (Å²) in [7, 11) is 0. The van der Waals surface area contributed by atoms with Gasteiger partial charge < -0.3 is 4.74 Å². The lowest BCUT2D eigenvalue weighted by Gasteiger charge is -2.17. The molecule has 0 fully saturated rings. The van der Waals surface area contributed by atoms with Crippen LogP contribution in [0.15, 0.2) is 12.3 Å². The van der Waals surface area contributed by atoms with E-state index in [1.165, 1.54) is 10.1 Å². The Morgan fingerprint density at radius 2 is 1.56 bits per heavy atom. The van der Waals surface area contributed by atoms with Gasteiger partial charge in [0.25, 0.3) is 11.6 Å². The van der Waals surface area contributed by atoms with Crippen molar-refractivity contribution < 1.29 is 14.3 Å². The Labute approximate surface area is 157 Å². The smallest absolute Gasteiger partial charge is 0.378 e. The van der Waals surface area contributed by atoms with Crippen LogP contribution in [0, 0.1) is 41.5 Å². The molecule has 7 heteroatoms. The van der Waals surface area contributed by atoms with Crippen LogP contribution in [0.25, 0.3) is 5.78 Å². The Bertz CT molecular complexity index is 1050. The van der Waals surface area contributed by atoms with Gasteiger partial charge in [0.2, 0.25) is 5.78 Å². The first-order valence-electron chi connectivity index (χ1n) is 8.68. The number of carbonyl (C=O) groups is 2. The summed E-state index contributed by atoms with van der Waals surface area (Å²) < 4.78 is 6.64. The van der Waals surface area contributed by atoms with Crippen LogP contribution in [0.4, 0.5) is 0 Å². The molecule has 0 amide bonds. The number of aryl methyl sites for hydroxylation is 1. The number of carbonyl (C=O) groups excluding carboxylic acids is 2. The van der Waals surface area contributed by atoms with Gasteiger partial charge in [0.15, 0.2) is 6.61 Å². The van der Waals surface area contributed by atoms with Crippen LogP contribution in [-0.4, -0.2) is 37.9 Å². The second kappa shape index (κ2) is 6.90. The van der Waals surface area contributed by atoms with Gasteiger partial charge in [-0.1, -0.05) is 0 Å². The third-order valence-corrected chi connectivity index (χ3v) is 5.23. The van der Waals surface area contributed by atoms with Crippen LogP contribution in [0.2, 0.25) is 0 Å². The van der Waals surface area contributed by atoms with Crippen molar-refractivity contribution in [1.29, 1.82) is 0 Å². The quantitative estimate of drug-likeness (QED) is 0.521. The molecule has 0 saturated heterocycles. The van der Waals surface area contributed by atoms with Gasteiger partial charge in [0.1, 0.15) is 0 Å². The molecule has 27 heavy (non-hydrogen) atoms. The fraction of sp³-hybridized carbons (Fsp3) is 0.350. The largest absolute Gasteiger partial charge is 0.451 e. The lowest BCUT2D eigenvalue weighted by atomic mass is 9.88. The maximum absolute atomic E-state index is 12.7. The fourth-order valence-corrected chi connectivity index (χ4v) is 3.18. The molecule has 2 aromatic heterocycles. The lowest BCUT2D eigenvalue weighted by molar-refractivity contribution is 0.0462. The van der Waals surface area contributed by atoms with Crippen molar-refractivity contribution in [3.8, 4) is 0 Å². The van der Waals surface area contributed by atoms with Crippen LogP contribution < -0.4 is 0 Å². The minimum absolute atomic E-state index is 0.116. The monoisotopic (exact) mass is 366 g/mol. The van der Waals surface area contributed by atoms with E-state index < -0.39 is 5.97 Å². The third-order valence-electron chi connectivity index (χ3n) is 5.23. The number of benzene rings is 1. The van der Waals surface area contributed by atoms with E-state index in [0.717, 1.165) is 27.9 Å². The molecule has 3 rings (SSSR count). The molecule has 0 unspecified atom stereocenters. The molecule has 140 valence electrons. The van der Waals surface area contributed by atoms with E-state index in [1.807, 2.05) is 41.5 Å². The highest BCUT2D eigenvalue weighted by atomic mass is 16.5. The molecule has 0 N–H and O–H groups in total. The van der Waals surface area contributed by atoms with E-state index in [2.05, 4.69) is 15.1 Å². The van der Waals surface area contributed by atoms with Crippen LogP contribution in [0.3, 0.4) is 0 Å². The van der Waals surface area contributed by atoms with Crippen molar-refractivity contribution in [2.45, 2.75) is 41.5 Å². The summed E-state index contributed by atoms with van der Waals surface area (Å²) >= 11 is 0. The average Bonchev–Trinajstić information content (AvgIpc) is 3.09. The highest BCUT2D eigenvalue weighted by Gasteiger charge is 2.21. The number of aromatic nitrogens is 4. The number of hydrogen-bond donors (Lipinski definition) is 0. The van der Waals surface area contributed by atoms with Gasteiger partial charge in [-0.05, 0) is 75.4 Å². The Morgan fingerprint density at radius 1 is 0.963 bits per heavy atom. The zero-order chi connectivity index (χ0) is 19.9. The summed E-state index contributed by atoms with van der Waals surface area (Å²) in [5, 5.41) is 4.10. The molecular weight excluding hydrogens is 344 g/mol. The highest BCUT2D eigenvalue weighted by Crippen LogP contribution is 2.26. The molecule has 0 saturated carbocycles. The van der Waals surface area contributed by atoms with Gasteiger partial charge in [-0.25, -0.2) is 14.3 Å². The van der Waals surface area contributed by atoms with Crippen molar-refractivity contribution in [3.63, 3.8) is 0 Å². The maximum Gasteiger partial charge on any atom is 0.378 e. The van der Waals surface area contributed by atoms with E-state index in [4.69, 9.17) is 4.74 Å². The molecule has 0 aliphatic carbocycles. The van der Waals surface area contributed by atoms with Crippen LogP contribution in [0.5, 0.6) is 0 Å². The van der Waals surface area contributed by atoms with E-state index in [9.17, 15) is 9.59 Å². The molecule has 0 spiro atoms. The summed E-state index contributed by atoms with van der Waals surface area (Å²) in [6, 6.07) is 1.76. The summed E-state index contributed by atoms with van der Waals surface area (Å²) in [5.74, 6) is -0.786. The average molecular weight is 366 g/mol. The zero-order valence-electron chi connectivity index (χ0n) is 16.4. The van der Waals surface area contributed by atoms with Crippen LogP contribution >= 0.6 is 0 Å². The summed E-state index contributed by atoms with van der Waals surface area (Å²) in [6.45, 7) is 11.3. The third kappa shape index (κ3) is 3.20. The van der Waals surface area contributed by atoms with Gasteiger partial charge in [-0.15, -0.1) is 5.10 Å². The second-order valence-corrected chi connectivity index (χ2v) is 6.73. The van der Waals surface area contributed by atoms with Crippen molar-refractivity contribution in [2.24, 2.45) is 0 Å². The molecule has 0 atom stereocenters. The number of Topliss-reactive ketones (excluding diaryl/α,β-unsaturated/α-hetero) is 1. The maximum atomic E-state index is 12.7. The Kier molecular flexibility index (Phi) is 4.78. The molecule has 0 bridgehead atoms. The normalized spacial score (nSPS) is 11.0. The second-order valence-electron chi connectivity index (χ2n) is 6.73. The van der Waals surface area contributed by atoms with Crippen molar-refractivity contribution in [2.75, 3.05) is 6.61 Å². The van der Waals surface area contributed by atoms with Gasteiger partial charge in [-0.3, -0.25) is 4.79 Å². The minimum atomic E-state index is -0.746. The standard InChI is InChI=1S/C20H22N4O3/c1-10-7-8-21-20-22-18(23-24(10)20)19(26)27-9-16(25)17-14(5)12(3)11(2)13(4)15(17)6/h7-8H,9H2,1-6H3. The van der Waals surface area contributed by atoms with Crippen LogP contribution in [0.1, 0.15) is 54.5 Å². The molecule has 2 heterocycles. The lowest BCUT2D eigenvalue weighted by Crippen LogP contribution is -2.18. The first-order valence-corrected chi connectivity index (χ1v) is 8.68. The Balaban J connectivity index is 1.81. The van der Waals surface area contributed by atoms with Gasteiger partial charge in [0.05, 0.1) is 0 Å². The SMILES string of the molecule is Cc1c(C)c(C)c(C(=O)COC(=O)c2nc3nccc(C)n3n2)c(C)c1C. The molecule has 0 aliphatic rings. The Hall–Kier alpha value is -3.09. The van der Waals surface area contributed by atoms with Gasteiger partial charge >= 0.3 is 5.97 Å². The summed E-state index contributed by atoms with van der Waals surface area (Å²) in [6.07, 6.45) is 1.59. The number of ketones is 1.